The number of hydrogen-bond donors (Lipinski definition) is 1. The van der Waals surface area contributed by atoms with Crippen LogP contribution in [0, 0.1) is 0 Å². The first kappa shape index (κ1) is 27.6. The zero-order chi connectivity index (χ0) is 23.4. The van der Waals surface area contributed by atoms with Crippen LogP contribution in [0.25, 0.3) is 0 Å². The van der Waals surface area contributed by atoms with Gasteiger partial charge in [0, 0.05) is 12.0 Å². The van der Waals surface area contributed by atoms with Gasteiger partial charge in [0.1, 0.15) is 5.75 Å². The van der Waals surface area contributed by atoms with Gasteiger partial charge in [-0.3, -0.25) is 0 Å². The number of fused-ring (bicyclic) bond motifs is 1. The van der Waals surface area contributed by atoms with Crippen LogP contribution in [-0.2, 0) is 22.7 Å². The number of rotatable bonds is 8. The summed E-state index contributed by atoms with van der Waals surface area (Å²) in [5.74, 6) is 1.14. The Labute approximate surface area is 219 Å². The molecule has 0 radical (unpaired) electrons. The van der Waals surface area contributed by atoms with Gasteiger partial charge in [-0.25, -0.2) is 8.42 Å². The van der Waals surface area contributed by atoms with E-state index in [4.69, 9.17) is 33.7 Å². The fourth-order valence-electron chi connectivity index (χ4n) is 5.21. The van der Waals surface area contributed by atoms with Crippen molar-refractivity contribution in [2.75, 3.05) is 12.4 Å². The summed E-state index contributed by atoms with van der Waals surface area (Å²) in [6.45, 7) is 0.397. The van der Waals surface area contributed by atoms with Crippen molar-refractivity contribution in [1.82, 2.24) is 0 Å². The molecule has 0 saturated heterocycles. The van der Waals surface area contributed by atoms with Gasteiger partial charge < -0.3 is 10.5 Å². The zero-order valence-electron chi connectivity index (χ0n) is 19.3. The van der Waals surface area contributed by atoms with Crippen LogP contribution in [0.15, 0.2) is 36.4 Å². The van der Waals surface area contributed by atoms with Crippen molar-refractivity contribution >= 4 is 45.4 Å². The molecule has 2 aromatic carbocycles. The van der Waals surface area contributed by atoms with Gasteiger partial charge >= 0.3 is 0 Å². The van der Waals surface area contributed by atoms with Gasteiger partial charge in [0.05, 0.1) is 27.7 Å². The zero-order valence-corrected chi connectivity index (χ0v) is 22.5. The van der Waals surface area contributed by atoms with Crippen LogP contribution in [0.2, 0.25) is 10.0 Å². The minimum Gasteiger partial charge on any atom is -0.494 e. The van der Waals surface area contributed by atoms with Crippen molar-refractivity contribution in [2.24, 2.45) is 5.73 Å². The number of benzene rings is 2. The molecule has 4 nitrogen and oxygen atoms in total. The Morgan fingerprint density at radius 1 is 0.971 bits per heavy atom. The molecule has 8 heteroatoms. The molecule has 2 N–H and O–H groups in total. The smallest absolute Gasteiger partial charge is 0.153 e. The van der Waals surface area contributed by atoms with Gasteiger partial charge in [-0.05, 0) is 79.5 Å². The highest BCUT2D eigenvalue weighted by atomic mass is 35.5. The molecule has 2 unspecified atom stereocenters. The topological polar surface area (TPSA) is 69.4 Å². The lowest BCUT2D eigenvalue weighted by molar-refractivity contribution is 0.316. The summed E-state index contributed by atoms with van der Waals surface area (Å²) in [6, 6.07) is 12.0. The summed E-state index contributed by atoms with van der Waals surface area (Å²) in [7, 11) is -3.03. The first-order chi connectivity index (χ1) is 15.8. The van der Waals surface area contributed by atoms with Crippen LogP contribution in [0.5, 0.6) is 5.75 Å². The van der Waals surface area contributed by atoms with Crippen LogP contribution in [-0.4, -0.2) is 32.1 Å². The standard InChI is InChI=1S/C26H33Cl2NO3S.ClH/c27-24-11-7-18(16-25(24)28)15-23-22-17-20(10-8-19(22)9-12-26(23)29)32-13-4-14-33(30,31)21-5-2-1-3-6-21;/h7-8,10-11,16-17,21,23,26H,1-6,9,12-15,29H2;1H. The fourth-order valence-corrected chi connectivity index (χ4v) is 7.44. The Kier molecular flexibility index (Phi) is 10.00. The Balaban J connectivity index is 0.00000324. The highest BCUT2D eigenvalue weighted by molar-refractivity contribution is 7.92. The molecule has 1 saturated carbocycles. The third-order valence-corrected chi connectivity index (χ3v) is 10.2. The normalized spacial score (nSPS) is 20.9. The van der Waals surface area contributed by atoms with E-state index in [1.807, 2.05) is 24.3 Å². The Morgan fingerprint density at radius 2 is 1.74 bits per heavy atom. The monoisotopic (exact) mass is 545 g/mol. The quantitative estimate of drug-likeness (QED) is 0.382. The summed E-state index contributed by atoms with van der Waals surface area (Å²) in [4.78, 5) is 0. The lowest BCUT2D eigenvalue weighted by Gasteiger charge is -2.32. The maximum atomic E-state index is 12.6. The molecule has 0 spiro atoms. The Hall–Kier alpha value is -0.980. The van der Waals surface area contributed by atoms with Gasteiger partial charge in [-0.1, -0.05) is 54.6 Å². The van der Waals surface area contributed by atoms with E-state index in [1.54, 1.807) is 0 Å². The average Bonchev–Trinajstić information content (AvgIpc) is 2.81. The predicted octanol–water partition coefficient (Wildman–Crippen LogP) is 6.53. The maximum absolute atomic E-state index is 12.6. The number of sulfone groups is 1. The average molecular weight is 547 g/mol. The van der Waals surface area contributed by atoms with Crippen molar-refractivity contribution < 1.29 is 13.2 Å². The molecular weight excluding hydrogens is 513 g/mol. The molecule has 2 aliphatic rings. The molecule has 2 atom stereocenters. The van der Waals surface area contributed by atoms with E-state index in [0.717, 1.165) is 62.7 Å². The second-order valence-corrected chi connectivity index (χ2v) is 12.7. The summed E-state index contributed by atoms with van der Waals surface area (Å²) in [6.07, 6.45) is 8.04. The van der Waals surface area contributed by atoms with Crippen molar-refractivity contribution in [3.8, 4) is 5.75 Å². The molecule has 2 aliphatic carbocycles. The molecule has 0 aromatic heterocycles. The van der Waals surface area contributed by atoms with Gasteiger partial charge in [-0.2, -0.15) is 0 Å². The van der Waals surface area contributed by atoms with Crippen molar-refractivity contribution in [3.05, 3.63) is 63.1 Å². The Morgan fingerprint density at radius 3 is 2.47 bits per heavy atom. The number of halogens is 3. The molecule has 4 rings (SSSR count). The third-order valence-electron chi connectivity index (χ3n) is 7.12. The molecule has 0 amide bonds. The van der Waals surface area contributed by atoms with Gasteiger partial charge in [0.15, 0.2) is 9.84 Å². The highest BCUT2D eigenvalue weighted by Gasteiger charge is 2.28. The number of nitrogens with two attached hydrogens (primary N) is 1. The van der Waals surface area contributed by atoms with Crippen molar-refractivity contribution in [2.45, 2.75) is 75.0 Å². The van der Waals surface area contributed by atoms with Gasteiger partial charge in [0.25, 0.3) is 0 Å². The first-order valence-corrected chi connectivity index (χ1v) is 14.5. The van der Waals surface area contributed by atoms with Crippen LogP contribution in [0.3, 0.4) is 0 Å². The molecule has 34 heavy (non-hydrogen) atoms. The van der Waals surface area contributed by atoms with Crippen LogP contribution < -0.4 is 10.5 Å². The molecule has 0 aliphatic heterocycles. The van der Waals surface area contributed by atoms with E-state index in [9.17, 15) is 8.42 Å². The summed E-state index contributed by atoms with van der Waals surface area (Å²) < 4.78 is 31.2. The molecule has 0 heterocycles. The van der Waals surface area contributed by atoms with E-state index in [0.29, 0.717) is 23.1 Å². The van der Waals surface area contributed by atoms with Crippen LogP contribution in [0.4, 0.5) is 0 Å². The second-order valence-electron chi connectivity index (χ2n) is 9.45. The summed E-state index contributed by atoms with van der Waals surface area (Å²) >= 11 is 12.3. The first-order valence-electron chi connectivity index (χ1n) is 12.0. The molecule has 1 fully saturated rings. The number of hydrogen-bond acceptors (Lipinski definition) is 4. The predicted molar refractivity (Wildman–Crippen MR) is 144 cm³/mol. The highest BCUT2D eigenvalue weighted by Crippen LogP contribution is 2.36. The SMILES string of the molecule is Cl.NC1CCc2ccc(OCCCS(=O)(=O)C3CCCCC3)cc2C1Cc1ccc(Cl)c(Cl)c1. The second kappa shape index (κ2) is 12.3. The molecular formula is C26H34Cl3NO3S. The third kappa shape index (κ3) is 6.82. The largest absolute Gasteiger partial charge is 0.494 e. The fraction of sp³-hybridized carbons (Fsp3) is 0.538. The van der Waals surface area contributed by atoms with Gasteiger partial charge in [0.2, 0.25) is 0 Å². The van der Waals surface area contributed by atoms with E-state index < -0.39 is 9.84 Å². The van der Waals surface area contributed by atoms with Crippen molar-refractivity contribution in [3.63, 3.8) is 0 Å². The lowest BCUT2D eigenvalue weighted by atomic mass is 9.76. The lowest BCUT2D eigenvalue weighted by Crippen LogP contribution is -2.34. The van der Waals surface area contributed by atoms with Crippen LogP contribution in [0.1, 0.15) is 67.6 Å². The number of aryl methyl sites for hydroxylation is 1. The molecule has 0 bridgehead atoms. The summed E-state index contributed by atoms with van der Waals surface area (Å²) in [5.41, 5.74) is 10.2. The van der Waals surface area contributed by atoms with Crippen molar-refractivity contribution in [1.29, 1.82) is 0 Å². The van der Waals surface area contributed by atoms with E-state index in [1.165, 1.54) is 11.1 Å². The van der Waals surface area contributed by atoms with Gasteiger partial charge in [-0.15, -0.1) is 12.4 Å². The van der Waals surface area contributed by atoms with Crippen LogP contribution >= 0.6 is 35.6 Å². The summed E-state index contributed by atoms with van der Waals surface area (Å²) in [5, 5.41) is 0.951. The Bertz CT molecular complexity index is 1070. The minimum absolute atomic E-state index is 0. The van der Waals surface area contributed by atoms with E-state index in [-0.39, 0.29) is 35.4 Å². The maximum Gasteiger partial charge on any atom is 0.153 e. The molecule has 188 valence electrons. The minimum atomic E-state index is -3.03. The molecule has 2 aromatic rings. The van der Waals surface area contributed by atoms with E-state index in [2.05, 4.69) is 12.1 Å². The van der Waals surface area contributed by atoms with E-state index >= 15 is 0 Å². The number of ether oxygens (including phenoxy) is 1.